The van der Waals surface area contributed by atoms with Crippen LogP contribution in [0.3, 0.4) is 0 Å². The van der Waals surface area contributed by atoms with Gasteiger partial charge in [-0.05, 0) is 27.6 Å². The molecule has 0 atom stereocenters. The van der Waals surface area contributed by atoms with Crippen LogP contribution in [-0.4, -0.2) is 16.1 Å². The number of hydrogen-bond acceptors (Lipinski definition) is 2. The average molecular weight is 345 g/mol. The van der Waals surface area contributed by atoms with Gasteiger partial charge in [0.1, 0.15) is 11.4 Å². The zero-order valence-electron chi connectivity index (χ0n) is 7.18. The third kappa shape index (κ3) is 2.72. The smallest absolute Gasteiger partial charge is 0.354 e. The quantitative estimate of drug-likeness (QED) is 0.855. The summed E-state index contributed by atoms with van der Waals surface area (Å²) in [5, 5.41) is 8.94. The molecule has 0 fully saturated rings. The minimum Gasteiger partial charge on any atom is -0.477 e. The maximum atomic E-state index is 12.5. The van der Waals surface area contributed by atoms with Crippen molar-refractivity contribution in [3.05, 3.63) is 27.5 Å². The molecule has 0 bridgehead atoms. The number of alkyl halides is 3. The second kappa shape index (κ2) is 4.98. The van der Waals surface area contributed by atoms with Gasteiger partial charge in [0.2, 0.25) is 0 Å². The monoisotopic (exact) mass is 343 g/mol. The second-order valence-electron chi connectivity index (χ2n) is 2.61. The van der Waals surface area contributed by atoms with E-state index in [9.17, 15) is 13.6 Å². The number of rotatable bonds is 3. The second-order valence-corrected chi connectivity index (χ2v) is 3.96. The third-order valence-corrected chi connectivity index (χ3v) is 3.15. The number of carbonyl (C=O) groups is 1. The van der Waals surface area contributed by atoms with Crippen LogP contribution in [0.15, 0.2) is 10.5 Å². The van der Waals surface area contributed by atoms with Crippen LogP contribution in [-0.2, 0) is 5.33 Å². The van der Waals surface area contributed by atoms with Crippen molar-refractivity contribution in [2.24, 2.45) is 0 Å². The number of aromatic carboxylic acids is 1. The van der Waals surface area contributed by atoms with E-state index in [1.807, 2.05) is 0 Å². The first-order valence-corrected chi connectivity index (χ1v) is 5.65. The molecular formula is C8H5Br2F2NO2. The molecule has 0 amide bonds. The van der Waals surface area contributed by atoms with Gasteiger partial charge in [0.25, 0.3) is 6.43 Å². The molecule has 15 heavy (non-hydrogen) atoms. The van der Waals surface area contributed by atoms with Gasteiger partial charge in [0.05, 0.1) is 0 Å². The van der Waals surface area contributed by atoms with Crippen molar-refractivity contribution in [1.29, 1.82) is 0 Å². The molecule has 0 saturated heterocycles. The number of hydrogen-bond donors (Lipinski definition) is 1. The van der Waals surface area contributed by atoms with Crippen molar-refractivity contribution in [2.45, 2.75) is 11.8 Å². The van der Waals surface area contributed by atoms with Gasteiger partial charge in [-0.2, -0.15) is 0 Å². The summed E-state index contributed by atoms with van der Waals surface area (Å²) in [6.45, 7) is 0. The Balaban J connectivity index is 3.38. The number of carboxylic acid groups (broad SMARTS) is 1. The SMILES string of the molecule is O=C(O)c1cc(CBr)c(Br)c(C(F)F)n1. The minimum absolute atomic E-state index is 0.138. The molecule has 0 spiro atoms. The first-order valence-electron chi connectivity index (χ1n) is 3.74. The molecule has 7 heteroatoms. The van der Waals surface area contributed by atoms with E-state index in [1.54, 1.807) is 0 Å². The number of carboxylic acids is 1. The molecule has 1 N–H and O–H groups in total. The molecule has 0 unspecified atom stereocenters. The number of pyridine rings is 1. The normalized spacial score (nSPS) is 10.7. The molecule has 0 saturated carbocycles. The van der Waals surface area contributed by atoms with Crippen LogP contribution < -0.4 is 0 Å². The Morgan fingerprint density at radius 2 is 2.20 bits per heavy atom. The molecule has 1 aromatic rings. The molecule has 0 aliphatic rings. The van der Waals surface area contributed by atoms with Crippen LogP contribution in [0.5, 0.6) is 0 Å². The summed E-state index contributed by atoms with van der Waals surface area (Å²) in [7, 11) is 0. The van der Waals surface area contributed by atoms with E-state index >= 15 is 0 Å². The fraction of sp³-hybridized carbons (Fsp3) is 0.250. The fourth-order valence-corrected chi connectivity index (χ4v) is 2.29. The summed E-state index contributed by atoms with van der Waals surface area (Å²) < 4.78 is 25.1. The van der Waals surface area contributed by atoms with Crippen molar-refractivity contribution in [3.8, 4) is 0 Å². The van der Waals surface area contributed by atoms with E-state index in [1.165, 1.54) is 6.07 Å². The summed E-state index contributed by atoms with van der Waals surface area (Å²) in [6, 6.07) is 1.24. The molecule has 0 aromatic carbocycles. The lowest BCUT2D eigenvalue weighted by Gasteiger charge is -2.08. The fourth-order valence-electron chi connectivity index (χ4n) is 0.955. The van der Waals surface area contributed by atoms with E-state index in [0.717, 1.165) is 0 Å². The summed E-state index contributed by atoms with van der Waals surface area (Å²) in [5.41, 5.74) is -0.509. The van der Waals surface area contributed by atoms with Gasteiger partial charge in [-0.15, -0.1) is 0 Å². The highest BCUT2D eigenvalue weighted by Gasteiger charge is 2.19. The largest absolute Gasteiger partial charge is 0.477 e. The minimum atomic E-state index is -2.81. The van der Waals surface area contributed by atoms with Gasteiger partial charge in [-0.25, -0.2) is 18.6 Å². The van der Waals surface area contributed by atoms with Gasteiger partial charge >= 0.3 is 5.97 Å². The Labute approximate surface area is 101 Å². The molecular weight excluding hydrogens is 340 g/mol. The van der Waals surface area contributed by atoms with Gasteiger partial charge < -0.3 is 5.11 Å². The Bertz CT molecular complexity index is 398. The van der Waals surface area contributed by atoms with Crippen LogP contribution in [0.25, 0.3) is 0 Å². The molecule has 0 radical (unpaired) electrons. The van der Waals surface area contributed by atoms with E-state index in [-0.39, 0.29) is 15.5 Å². The maximum Gasteiger partial charge on any atom is 0.354 e. The van der Waals surface area contributed by atoms with Crippen LogP contribution in [0.4, 0.5) is 8.78 Å². The van der Waals surface area contributed by atoms with Gasteiger partial charge in [-0.3, -0.25) is 0 Å². The van der Waals surface area contributed by atoms with Crippen LogP contribution in [0.1, 0.15) is 28.2 Å². The summed E-state index contributed by atoms with van der Waals surface area (Å²) >= 11 is 6.04. The molecule has 3 nitrogen and oxygen atoms in total. The molecule has 0 aliphatic heterocycles. The van der Waals surface area contributed by atoms with E-state index in [2.05, 4.69) is 36.8 Å². The van der Waals surface area contributed by atoms with Crippen molar-refractivity contribution >= 4 is 37.8 Å². The lowest BCUT2D eigenvalue weighted by Crippen LogP contribution is -2.06. The topological polar surface area (TPSA) is 50.2 Å². The van der Waals surface area contributed by atoms with Crippen molar-refractivity contribution < 1.29 is 18.7 Å². The van der Waals surface area contributed by atoms with E-state index in [0.29, 0.717) is 5.56 Å². The first kappa shape index (κ1) is 12.5. The summed E-state index contributed by atoms with van der Waals surface area (Å²) in [4.78, 5) is 14.0. The molecule has 82 valence electrons. The summed E-state index contributed by atoms with van der Waals surface area (Å²) in [6.07, 6.45) is -2.81. The van der Waals surface area contributed by atoms with Crippen LogP contribution in [0, 0.1) is 0 Å². The Hall–Kier alpha value is -0.560. The molecule has 1 aromatic heterocycles. The van der Waals surface area contributed by atoms with Crippen molar-refractivity contribution in [1.82, 2.24) is 4.98 Å². The predicted octanol–water partition coefficient (Wildman–Crippen LogP) is 3.37. The predicted molar refractivity (Wildman–Crippen MR) is 56.5 cm³/mol. The molecule has 0 aliphatic carbocycles. The highest BCUT2D eigenvalue weighted by molar-refractivity contribution is 9.10. The lowest BCUT2D eigenvalue weighted by atomic mass is 10.2. The standard InChI is InChI=1S/C8H5Br2F2NO2/c9-2-3-1-4(8(14)15)13-6(5(3)10)7(11)12/h1,7H,2H2,(H,14,15). The number of halogens is 4. The van der Waals surface area contributed by atoms with Gasteiger partial charge in [0.15, 0.2) is 0 Å². The van der Waals surface area contributed by atoms with Crippen molar-refractivity contribution in [2.75, 3.05) is 0 Å². The lowest BCUT2D eigenvalue weighted by molar-refractivity contribution is 0.0688. The van der Waals surface area contributed by atoms with Crippen LogP contribution in [0.2, 0.25) is 0 Å². The Kier molecular flexibility index (Phi) is 4.15. The number of nitrogens with zero attached hydrogens (tertiary/aromatic N) is 1. The van der Waals surface area contributed by atoms with E-state index < -0.39 is 18.1 Å². The highest BCUT2D eigenvalue weighted by Crippen LogP contribution is 2.30. The molecule has 1 rings (SSSR count). The van der Waals surface area contributed by atoms with E-state index in [4.69, 9.17) is 5.11 Å². The highest BCUT2D eigenvalue weighted by atomic mass is 79.9. The number of aromatic nitrogens is 1. The molecule has 1 heterocycles. The van der Waals surface area contributed by atoms with Gasteiger partial charge in [0, 0.05) is 9.80 Å². The maximum absolute atomic E-state index is 12.5. The third-order valence-electron chi connectivity index (χ3n) is 1.63. The average Bonchev–Trinajstić information content (AvgIpc) is 2.17. The Morgan fingerprint density at radius 1 is 1.60 bits per heavy atom. The van der Waals surface area contributed by atoms with Gasteiger partial charge in [-0.1, -0.05) is 15.9 Å². The van der Waals surface area contributed by atoms with Crippen molar-refractivity contribution in [3.63, 3.8) is 0 Å². The zero-order valence-corrected chi connectivity index (χ0v) is 10.3. The Morgan fingerprint density at radius 3 is 2.60 bits per heavy atom. The zero-order chi connectivity index (χ0) is 11.6. The summed E-state index contributed by atoms with van der Waals surface area (Å²) in [5.74, 6) is -1.33. The first-order chi connectivity index (χ1) is 6.97. The van der Waals surface area contributed by atoms with Crippen LogP contribution >= 0.6 is 31.9 Å².